The van der Waals surface area contributed by atoms with Crippen molar-refractivity contribution in [2.24, 2.45) is 0 Å². The summed E-state index contributed by atoms with van der Waals surface area (Å²) < 4.78 is 0.596. The molecular weight excluding hydrogens is 312 g/mol. The SMILES string of the molecule is N#Cc1cnc(Nc2ccc(C(=O)O)cc2Br)cn1. The Bertz CT molecular complexity index is 664. The second-order valence-electron chi connectivity index (χ2n) is 3.52. The Balaban J connectivity index is 2.23. The number of carbonyl (C=O) groups is 1. The molecule has 0 aliphatic rings. The number of nitrogens with zero attached hydrogens (tertiary/aromatic N) is 3. The predicted octanol–water partition coefficient (Wildman–Crippen LogP) is 2.55. The van der Waals surface area contributed by atoms with E-state index in [4.69, 9.17) is 10.4 Å². The highest BCUT2D eigenvalue weighted by Crippen LogP contribution is 2.26. The van der Waals surface area contributed by atoms with Crippen molar-refractivity contribution in [2.45, 2.75) is 0 Å². The summed E-state index contributed by atoms with van der Waals surface area (Å²) >= 11 is 3.27. The van der Waals surface area contributed by atoms with Crippen LogP contribution in [-0.4, -0.2) is 21.0 Å². The molecule has 2 rings (SSSR count). The lowest BCUT2D eigenvalue weighted by Crippen LogP contribution is -1.99. The molecule has 0 bridgehead atoms. The van der Waals surface area contributed by atoms with Gasteiger partial charge in [0, 0.05) is 4.47 Å². The van der Waals surface area contributed by atoms with Crippen molar-refractivity contribution in [1.82, 2.24) is 9.97 Å². The van der Waals surface area contributed by atoms with Gasteiger partial charge in [0.15, 0.2) is 5.69 Å². The average molecular weight is 319 g/mol. The Hall–Kier alpha value is -2.46. The smallest absolute Gasteiger partial charge is 0.335 e. The molecular formula is C12H7BrN4O2. The molecule has 6 nitrogen and oxygen atoms in total. The number of hydrogen-bond donors (Lipinski definition) is 2. The minimum Gasteiger partial charge on any atom is -0.478 e. The number of hydrogen-bond acceptors (Lipinski definition) is 5. The number of halogens is 1. The first-order chi connectivity index (χ1) is 9.10. The summed E-state index contributed by atoms with van der Waals surface area (Å²) in [4.78, 5) is 18.7. The van der Waals surface area contributed by atoms with Crippen LogP contribution < -0.4 is 5.32 Å². The van der Waals surface area contributed by atoms with Gasteiger partial charge in [-0.2, -0.15) is 5.26 Å². The third-order valence-corrected chi connectivity index (χ3v) is 2.90. The van der Waals surface area contributed by atoms with E-state index in [1.165, 1.54) is 24.5 Å². The number of carboxylic acid groups (broad SMARTS) is 1. The summed E-state index contributed by atoms with van der Waals surface area (Å²) in [5.41, 5.74) is 1.07. The van der Waals surface area contributed by atoms with Crippen LogP contribution in [0.3, 0.4) is 0 Å². The van der Waals surface area contributed by atoms with Crippen LogP contribution in [0.5, 0.6) is 0 Å². The van der Waals surface area contributed by atoms with Crippen molar-refractivity contribution < 1.29 is 9.90 Å². The number of rotatable bonds is 3. The predicted molar refractivity (Wildman–Crippen MR) is 71.1 cm³/mol. The maximum absolute atomic E-state index is 10.8. The highest BCUT2D eigenvalue weighted by Gasteiger charge is 2.07. The standard InChI is InChI=1S/C12H7BrN4O2/c13-9-3-7(12(18)19)1-2-10(9)17-11-6-15-8(4-14)5-16-11/h1-3,5-6H,(H,16,17)(H,18,19). The summed E-state index contributed by atoms with van der Waals surface area (Å²) in [5, 5.41) is 20.4. The highest BCUT2D eigenvalue weighted by molar-refractivity contribution is 9.10. The van der Waals surface area contributed by atoms with E-state index in [2.05, 4.69) is 31.2 Å². The summed E-state index contributed by atoms with van der Waals surface area (Å²) in [6, 6.07) is 6.46. The van der Waals surface area contributed by atoms with Crippen molar-refractivity contribution in [2.75, 3.05) is 5.32 Å². The van der Waals surface area contributed by atoms with E-state index in [-0.39, 0.29) is 11.3 Å². The molecule has 2 aromatic rings. The molecule has 0 spiro atoms. The van der Waals surface area contributed by atoms with Crippen LogP contribution in [0.25, 0.3) is 0 Å². The molecule has 94 valence electrons. The lowest BCUT2D eigenvalue weighted by Gasteiger charge is -2.07. The zero-order valence-electron chi connectivity index (χ0n) is 9.46. The van der Waals surface area contributed by atoms with Crippen LogP contribution >= 0.6 is 15.9 Å². The number of nitriles is 1. The van der Waals surface area contributed by atoms with Gasteiger partial charge in [0.1, 0.15) is 11.9 Å². The maximum atomic E-state index is 10.8. The van der Waals surface area contributed by atoms with E-state index in [1.54, 1.807) is 6.07 Å². The fourth-order valence-corrected chi connectivity index (χ4v) is 1.82. The molecule has 0 radical (unpaired) electrons. The minimum absolute atomic E-state index is 0.184. The molecule has 1 aromatic carbocycles. The molecule has 0 unspecified atom stereocenters. The highest BCUT2D eigenvalue weighted by atomic mass is 79.9. The fourth-order valence-electron chi connectivity index (χ4n) is 1.34. The number of benzene rings is 1. The second-order valence-corrected chi connectivity index (χ2v) is 4.38. The van der Waals surface area contributed by atoms with Gasteiger partial charge in [0.05, 0.1) is 23.6 Å². The van der Waals surface area contributed by atoms with E-state index in [1.807, 2.05) is 6.07 Å². The van der Waals surface area contributed by atoms with Gasteiger partial charge in [-0.05, 0) is 34.1 Å². The summed E-state index contributed by atoms with van der Waals surface area (Å²) in [5.74, 6) is -0.534. The quantitative estimate of drug-likeness (QED) is 0.902. The van der Waals surface area contributed by atoms with Gasteiger partial charge in [0.2, 0.25) is 0 Å². The number of aromatic carboxylic acids is 1. The summed E-state index contributed by atoms with van der Waals surface area (Å²) in [6.45, 7) is 0. The molecule has 19 heavy (non-hydrogen) atoms. The third-order valence-electron chi connectivity index (χ3n) is 2.25. The molecule has 2 N–H and O–H groups in total. The van der Waals surface area contributed by atoms with Gasteiger partial charge in [0.25, 0.3) is 0 Å². The maximum Gasteiger partial charge on any atom is 0.335 e. The topological polar surface area (TPSA) is 98.9 Å². The number of anilines is 2. The first kappa shape index (κ1) is 13.0. The lowest BCUT2D eigenvalue weighted by atomic mass is 10.2. The molecule has 0 saturated heterocycles. The first-order valence-corrected chi connectivity index (χ1v) is 5.91. The molecule has 0 saturated carbocycles. The van der Waals surface area contributed by atoms with Crippen molar-refractivity contribution in [1.29, 1.82) is 5.26 Å². The molecule has 0 amide bonds. The zero-order chi connectivity index (χ0) is 13.8. The molecule has 1 heterocycles. The van der Waals surface area contributed by atoms with Crippen LogP contribution in [-0.2, 0) is 0 Å². The Kier molecular flexibility index (Phi) is 3.73. The van der Waals surface area contributed by atoms with Gasteiger partial charge < -0.3 is 10.4 Å². The van der Waals surface area contributed by atoms with Crippen LogP contribution in [0, 0.1) is 11.3 Å². The largest absolute Gasteiger partial charge is 0.478 e. The Morgan fingerprint density at radius 2 is 2.16 bits per heavy atom. The monoisotopic (exact) mass is 318 g/mol. The van der Waals surface area contributed by atoms with Gasteiger partial charge in [-0.15, -0.1) is 0 Å². The molecule has 0 aliphatic carbocycles. The van der Waals surface area contributed by atoms with E-state index in [0.717, 1.165) is 0 Å². The van der Waals surface area contributed by atoms with Crippen molar-refractivity contribution in [3.05, 3.63) is 46.3 Å². The Labute approximate surface area is 116 Å². The van der Waals surface area contributed by atoms with Gasteiger partial charge >= 0.3 is 5.97 Å². The molecule has 0 aliphatic heterocycles. The third kappa shape index (κ3) is 3.05. The summed E-state index contributed by atoms with van der Waals surface area (Å²) in [7, 11) is 0. The number of carboxylic acids is 1. The van der Waals surface area contributed by atoms with E-state index < -0.39 is 5.97 Å². The van der Waals surface area contributed by atoms with Crippen LogP contribution in [0.4, 0.5) is 11.5 Å². The summed E-state index contributed by atoms with van der Waals surface area (Å²) in [6.07, 6.45) is 2.78. The molecule has 0 fully saturated rings. The van der Waals surface area contributed by atoms with Crippen LogP contribution in [0.2, 0.25) is 0 Å². The van der Waals surface area contributed by atoms with Crippen molar-refractivity contribution >= 4 is 33.4 Å². The zero-order valence-corrected chi connectivity index (χ0v) is 11.0. The van der Waals surface area contributed by atoms with Gasteiger partial charge in [-0.25, -0.2) is 14.8 Å². The van der Waals surface area contributed by atoms with Crippen molar-refractivity contribution in [3.63, 3.8) is 0 Å². The number of aromatic nitrogens is 2. The van der Waals surface area contributed by atoms with Crippen LogP contribution in [0.1, 0.15) is 16.1 Å². The van der Waals surface area contributed by atoms with E-state index in [9.17, 15) is 4.79 Å². The lowest BCUT2D eigenvalue weighted by molar-refractivity contribution is 0.0697. The van der Waals surface area contributed by atoms with E-state index in [0.29, 0.717) is 16.0 Å². The average Bonchev–Trinajstić information content (AvgIpc) is 2.41. The molecule has 7 heteroatoms. The van der Waals surface area contributed by atoms with Crippen LogP contribution in [0.15, 0.2) is 35.1 Å². The normalized spacial score (nSPS) is 9.68. The molecule has 0 atom stereocenters. The van der Waals surface area contributed by atoms with Crippen molar-refractivity contribution in [3.8, 4) is 6.07 Å². The second kappa shape index (κ2) is 5.46. The number of nitrogens with one attached hydrogen (secondary N) is 1. The van der Waals surface area contributed by atoms with Gasteiger partial charge in [-0.3, -0.25) is 0 Å². The first-order valence-electron chi connectivity index (χ1n) is 5.12. The van der Waals surface area contributed by atoms with Gasteiger partial charge in [-0.1, -0.05) is 0 Å². The Morgan fingerprint density at radius 1 is 1.37 bits per heavy atom. The Morgan fingerprint density at radius 3 is 2.68 bits per heavy atom. The van der Waals surface area contributed by atoms with E-state index >= 15 is 0 Å². The molecule has 1 aromatic heterocycles. The fraction of sp³-hybridized carbons (Fsp3) is 0. The minimum atomic E-state index is -0.995.